The van der Waals surface area contributed by atoms with Gasteiger partial charge in [0.05, 0.1) is 40.2 Å². The van der Waals surface area contributed by atoms with Crippen molar-refractivity contribution in [2.45, 2.75) is 91.3 Å². The van der Waals surface area contributed by atoms with Crippen LogP contribution in [0, 0.1) is 24.2 Å². The zero-order valence-electron chi connectivity index (χ0n) is 23.6. The molecule has 0 aliphatic heterocycles. The van der Waals surface area contributed by atoms with Crippen molar-refractivity contribution in [1.82, 2.24) is 15.6 Å². The lowest BCUT2D eigenvalue weighted by atomic mass is 9.77. The summed E-state index contributed by atoms with van der Waals surface area (Å²) in [4.78, 5) is 45.3. The van der Waals surface area contributed by atoms with Gasteiger partial charge in [0.25, 0.3) is 0 Å². The Hall–Kier alpha value is -2.10. The molecule has 3 N–H and O–H groups in total. The highest BCUT2D eigenvalue weighted by Gasteiger charge is 2.46. The molecule has 214 valence electrons. The number of aliphatic hydroxyl groups is 1. The first-order valence-corrected chi connectivity index (χ1v) is 15.8. The predicted octanol–water partition coefficient (Wildman–Crippen LogP) is 5.74. The number of halogens is 1. The summed E-state index contributed by atoms with van der Waals surface area (Å²) in [5.74, 6) is -1.86. The van der Waals surface area contributed by atoms with Gasteiger partial charge in [-0.15, -0.1) is 11.3 Å². The summed E-state index contributed by atoms with van der Waals surface area (Å²) >= 11 is 5.00. The fourth-order valence-electron chi connectivity index (χ4n) is 5.24. The Bertz CT molecular complexity index is 1130. The third kappa shape index (κ3) is 8.44. The summed E-state index contributed by atoms with van der Waals surface area (Å²) < 4.78 is 0. The largest absolute Gasteiger partial charge is 0.393 e. The minimum absolute atomic E-state index is 0.150. The maximum Gasteiger partial charge on any atom is 0.224 e. The molecule has 1 aromatic carbocycles. The molecule has 39 heavy (non-hydrogen) atoms. The number of Topliss-reactive ketones (excluding diaryl/α,β-unsaturated/α-hetero) is 1. The van der Waals surface area contributed by atoms with Gasteiger partial charge < -0.3 is 15.7 Å². The molecular weight excluding hydrogens is 578 g/mol. The molecule has 1 heterocycles. The lowest BCUT2D eigenvalue weighted by Crippen LogP contribution is -2.52. The van der Waals surface area contributed by atoms with Crippen LogP contribution in [0.5, 0.6) is 0 Å². The molecule has 0 bridgehead atoms. The van der Waals surface area contributed by atoms with Gasteiger partial charge in [-0.2, -0.15) is 0 Å². The van der Waals surface area contributed by atoms with E-state index in [1.54, 1.807) is 11.3 Å². The average Bonchev–Trinajstić information content (AvgIpc) is 3.49. The molecule has 1 unspecified atom stereocenters. The zero-order valence-corrected chi connectivity index (χ0v) is 26.0. The summed E-state index contributed by atoms with van der Waals surface area (Å²) in [6.45, 7) is 9.65. The van der Waals surface area contributed by atoms with Crippen molar-refractivity contribution in [2.24, 2.45) is 17.3 Å². The molecule has 1 fully saturated rings. The van der Waals surface area contributed by atoms with Crippen LogP contribution >= 0.6 is 27.3 Å². The number of unbranched alkanes of at least 4 members (excludes halogenated alkanes) is 2. The highest BCUT2D eigenvalue weighted by atomic mass is 79.9. The smallest absolute Gasteiger partial charge is 0.224 e. The number of aliphatic hydroxyl groups excluding tert-OH is 1. The van der Waals surface area contributed by atoms with Crippen LogP contribution in [-0.4, -0.2) is 45.2 Å². The van der Waals surface area contributed by atoms with Gasteiger partial charge in [-0.1, -0.05) is 67.4 Å². The van der Waals surface area contributed by atoms with Gasteiger partial charge in [0, 0.05) is 17.7 Å². The Morgan fingerprint density at radius 1 is 1.08 bits per heavy atom. The van der Waals surface area contributed by atoms with Crippen LogP contribution in [0.15, 0.2) is 29.8 Å². The second kappa shape index (κ2) is 14.0. The highest BCUT2D eigenvalue weighted by Crippen LogP contribution is 2.37. The van der Waals surface area contributed by atoms with E-state index >= 15 is 0 Å². The second-order valence-electron chi connectivity index (χ2n) is 11.7. The third-order valence-corrected chi connectivity index (χ3v) is 9.05. The number of hydrogen-bond donors (Lipinski definition) is 3. The van der Waals surface area contributed by atoms with Crippen LogP contribution in [0.3, 0.4) is 0 Å². The first-order valence-electron chi connectivity index (χ1n) is 13.8. The van der Waals surface area contributed by atoms with Crippen LogP contribution < -0.4 is 10.6 Å². The van der Waals surface area contributed by atoms with Crippen LogP contribution in [-0.2, 0) is 14.4 Å². The van der Waals surface area contributed by atoms with E-state index in [0.29, 0.717) is 6.42 Å². The molecule has 3 rings (SSSR count). The fraction of sp³-hybridized carbons (Fsp3) is 0.600. The molecule has 7 nitrogen and oxygen atoms in total. The van der Waals surface area contributed by atoms with Gasteiger partial charge in [-0.3, -0.25) is 14.4 Å². The Morgan fingerprint density at radius 2 is 1.74 bits per heavy atom. The van der Waals surface area contributed by atoms with Crippen molar-refractivity contribution in [3.05, 3.63) is 41.0 Å². The van der Waals surface area contributed by atoms with Crippen molar-refractivity contribution in [1.29, 1.82) is 0 Å². The van der Waals surface area contributed by atoms with E-state index in [1.807, 2.05) is 64.4 Å². The van der Waals surface area contributed by atoms with Gasteiger partial charge in [-0.25, -0.2) is 4.98 Å². The van der Waals surface area contributed by atoms with Gasteiger partial charge in [0.1, 0.15) is 0 Å². The van der Waals surface area contributed by atoms with Crippen molar-refractivity contribution >= 4 is 44.9 Å². The number of thiazole rings is 1. The van der Waals surface area contributed by atoms with E-state index in [9.17, 15) is 19.5 Å². The van der Waals surface area contributed by atoms with E-state index in [0.717, 1.165) is 46.3 Å². The monoisotopic (exact) mass is 619 g/mol. The van der Waals surface area contributed by atoms with Crippen LogP contribution in [0.4, 0.5) is 0 Å². The predicted molar refractivity (Wildman–Crippen MR) is 160 cm³/mol. The Labute approximate surface area is 244 Å². The summed E-state index contributed by atoms with van der Waals surface area (Å²) in [5, 5.41) is 17.4. The first kappa shape index (κ1) is 31.4. The van der Waals surface area contributed by atoms with E-state index in [2.05, 4.69) is 31.5 Å². The number of hydrogen-bond acceptors (Lipinski definition) is 6. The molecule has 1 saturated carbocycles. The molecule has 0 spiro atoms. The minimum Gasteiger partial charge on any atom is -0.393 e. The van der Waals surface area contributed by atoms with E-state index in [4.69, 9.17) is 0 Å². The Balaban J connectivity index is 1.68. The fourth-order valence-corrected chi connectivity index (χ4v) is 6.45. The number of ketones is 1. The van der Waals surface area contributed by atoms with Gasteiger partial charge in [-0.05, 0) is 56.1 Å². The number of amides is 2. The molecule has 0 radical (unpaired) electrons. The maximum atomic E-state index is 13.8. The van der Waals surface area contributed by atoms with Crippen LogP contribution in [0.1, 0.15) is 83.5 Å². The number of carbonyl (C=O) groups is 3. The maximum absolute atomic E-state index is 13.8. The van der Waals surface area contributed by atoms with Crippen LogP contribution in [0.25, 0.3) is 10.4 Å². The average molecular weight is 621 g/mol. The topological polar surface area (TPSA) is 108 Å². The third-order valence-electron chi connectivity index (χ3n) is 7.51. The van der Waals surface area contributed by atoms with E-state index in [-0.39, 0.29) is 36.5 Å². The number of carbonyl (C=O) groups excluding carboxylic acids is 3. The normalized spacial score (nSPS) is 20.8. The second-order valence-corrected chi connectivity index (χ2v) is 13.4. The van der Waals surface area contributed by atoms with Crippen molar-refractivity contribution in [3.63, 3.8) is 0 Å². The molecule has 2 amide bonds. The lowest BCUT2D eigenvalue weighted by Gasteiger charge is -2.33. The molecule has 2 aromatic rings. The number of alkyl halides is 1. The van der Waals surface area contributed by atoms with Crippen LogP contribution in [0.2, 0.25) is 0 Å². The van der Waals surface area contributed by atoms with E-state index < -0.39 is 29.4 Å². The number of nitrogens with one attached hydrogen (secondary N) is 2. The van der Waals surface area contributed by atoms with Crippen molar-refractivity contribution < 1.29 is 19.5 Å². The molecule has 1 aromatic heterocycles. The Kier molecular flexibility index (Phi) is 11.3. The van der Waals surface area contributed by atoms with Crippen molar-refractivity contribution in [2.75, 3.05) is 5.33 Å². The van der Waals surface area contributed by atoms with E-state index in [1.165, 1.54) is 0 Å². The molecule has 1 aliphatic rings. The number of benzene rings is 1. The van der Waals surface area contributed by atoms with Gasteiger partial charge >= 0.3 is 0 Å². The molecule has 0 saturated heterocycles. The number of rotatable bonds is 12. The van der Waals surface area contributed by atoms with Gasteiger partial charge in [0.2, 0.25) is 11.8 Å². The summed E-state index contributed by atoms with van der Waals surface area (Å²) in [6.07, 6.45) is 2.79. The first-order chi connectivity index (χ1) is 18.4. The molecule has 9 heteroatoms. The summed E-state index contributed by atoms with van der Waals surface area (Å²) in [5.41, 5.74) is 4.33. The van der Waals surface area contributed by atoms with Crippen molar-refractivity contribution in [3.8, 4) is 10.4 Å². The molecular formula is C30H42BrN3O4S. The minimum atomic E-state index is -0.730. The number of aryl methyl sites for hydroxylation is 1. The zero-order chi connectivity index (χ0) is 28.7. The quantitative estimate of drug-likeness (QED) is 0.207. The molecule has 5 atom stereocenters. The molecule has 1 aliphatic carbocycles. The summed E-state index contributed by atoms with van der Waals surface area (Å²) in [7, 11) is 0. The lowest BCUT2D eigenvalue weighted by molar-refractivity contribution is -0.137. The standard InChI is InChI=1S/C30H42BrN3O4S/c1-18(20-10-12-21(13-11-20)27-19(2)32-17-39-27)33-29(38)24-16-22(35)15-23(24)26(37)28(30(3,4)5)34-25(36)9-7-6-8-14-31/h10-13,17-18,22-24,28,35H,6-9,14-16H2,1-5H3,(H,33,38)(H,34,36)/t18-,22+,23?,24-,28-/m1/s1. The number of aromatic nitrogens is 1. The highest BCUT2D eigenvalue weighted by molar-refractivity contribution is 9.09. The number of nitrogens with zero attached hydrogens (tertiary/aromatic N) is 1. The Morgan fingerprint density at radius 3 is 2.33 bits per heavy atom. The van der Waals surface area contributed by atoms with Gasteiger partial charge in [0.15, 0.2) is 5.78 Å². The SMILES string of the molecule is Cc1ncsc1-c1ccc([C@@H](C)NC(=O)[C@@H]2C[C@@H](O)CC2C(=O)[C@@H](NC(=O)CCCCCBr)C(C)(C)C)cc1. The summed E-state index contributed by atoms with van der Waals surface area (Å²) in [6, 6.07) is 7.05.